The van der Waals surface area contributed by atoms with E-state index in [-0.39, 0.29) is 12.0 Å². The van der Waals surface area contributed by atoms with Gasteiger partial charge in [0.25, 0.3) is 5.60 Å². The van der Waals surface area contributed by atoms with E-state index in [1.54, 1.807) is 18.2 Å². The molecule has 0 fully saturated rings. The summed E-state index contributed by atoms with van der Waals surface area (Å²) >= 11 is 0. The minimum absolute atomic E-state index is 0.220. The van der Waals surface area contributed by atoms with Crippen molar-refractivity contribution in [3.05, 3.63) is 77.8 Å². The number of carbonyl (C=O) groups is 1. The van der Waals surface area contributed by atoms with E-state index >= 15 is 0 Å². The van der Waals surface area contributed by atoms with Gasteiger partial charge in [-0.15, -0.1) is 6.58 Å². The molecule has 162 valence electrons. The number of benzene rings is 1. The van der Waals surface area contributed by atoms with Crippen LogP contribution in [-0.4, -0.2) is 32.3 Å². The van der Waals surface area contributed by atoms with Crippen LogP contribution in [0.15, 0.2) is 66.6 Å². The zero-order valence-electron chi connectivity index (χ0n) is 17.5. The third kappa shape index (κ3) is 4.99. The number of nitrogens with zero attached hydrogens (tertiary/aromatic N) is 1. The highest BCUT2D eigenvalue weighted by molar-refractivity contribution is 6.82. The normalized spacial score (nSPS) is 15.2. The van der Waals surface area contributed by atoms with E-state index in [1.165, 1.54) is 36.7 Å². The second kappa shape index (κ2) is 9.14. The molecule has 0 N–H and O–H groups in total. The van der Waals surface area contributed by atoms with Gasteiger partial charge in [-0.25, -0.2) is 4.79 Å². The van der Waals surface area contributed by atoms with Crippen LogP contribution in [0.4, 0.5) is 13.2 Å². The average molecular weight is 438 g/mol. The van der Waals surface area contributed by atoms with Gasteiger partial charge in [0, 0.05) is 31.5 Å². The predicted octanol–water partition coefficient (Wildman–Crippen LogP) is 5.59. The maximum Gasteiger partial charge on any atom is 0.432 e. The van der Waals surface area contributed by atoms with Crippen LogP contribution in [0.1, 0.15) is 23.7 Å². The molecule has 30 heavy (non-hydrogen) atoms. The lowest BCUT2D eigenvalue weighted by Crippen LogP contribution is -2.52. The lowest BCUT2D eigenvalue weighted by atomic mass is 9.92. The Bertz CT molecular complexity index is 867. The number of carbonyl (C=O) groups excluding carboxylic acids is 1. The van der Waals surface area contributed by atoms with Crippen LogP contribution in [0.25, 0.3) is 0 Å². The van der Waals surface area contributed by atoms with Crippen molar-refractivity contribution in [2.24, 2.45) is 0 Å². The van der Waals surface area contributed by atoms with Gasteiger partial charge in [-0.3, -0.25) is 4.98 Å². The summed E-state index contributed by atoms with van der Waals surface area (Å²) in [6, 6.07) is 10.00. The molecule has 8 heteroatoms. The van der Waals surface area contributed by atoms with Crippen LogP contribution in [0.3, 0.4) is 0 Å². The van der Waals surface area contributed by atoms with Crippen LogP contribution in [0.2, 0.25) is 19.6 Å². The highest BCUT2D eigenvalue weighted by Gasteiger charge is 2.64. The minimum Gasteiger partial charge on any atom is -0.455 e. The van der Waals surface area contributed by atoms with Gasteiger partial charge in [0.05, 0.1) is 8.07 Å². The van der Waals surface area contributed by atoms with Gasteiger partial charge in [0.15, 0.2) is 0 Å². The summed E-state index contributed by atoms with van der Waals surface area (Å²) in [7, 11) is -0.966. The standard InChI is InChI=1S/C22H26F3NO3Si/c1-16(30(3,4)5)15-19(17-11-13-26-14-12-17)29-20(27)21(28-2,22(23,24)25)18-9-7-6-8-10-18/h6-14,19H,1,15H2,2-5H3/t19?,21-/m0/s1. The van der Waals surface area contributed by atoms with Gasteiger partial charge in [-0.05, 0) is 17.7 Å². The Morgan fingerprint density at radius 3 is 2.13 bits per heavy atom. The Hall–Kier alpha value is -2.45. The summed E-state index contributed by atoms with van der Waals surface area (Å²) in [6.45, 7) is 10.3. The number of esters is 1. The summed E-state index contributed by atoms with van der Waals surface area (Å²) in [5.74, 6) is -1.52. The van der Waals surface area contributed by atoms with Gasteiger partial charge in [0.1, 0.15) is 6.10 Å². The van der Waals surface area contributed by atoms with Crippen molar-refractivity contribution in [3.63, 3.8) is 0 Å². The van der Waals surface area contributed by atoms with Gasteiger partial charge in [-0.2, -0.15) is 13.2 Å². The maximum atomic E-state index is 14.2. The topological polar surface area (TPSA) is 48.4 Å². The Balaban J connectivity index is 2.48. The number of hydrogen-bond acceptors (Lipinski definition) is 4. The molecular weight excluding hydrogens is 411 g/mol. The van der Waals surface area contributed by atoms with E-state index in [4.69, 9.17) is 9.47 Å². The monoisotopic (exact) mass is 437 g/mol. The smallest absolute Gasteiger partial charge is 0.432 e. The molecule has 0 aliphatic heterocycles. The Morgan fingerprint density at radius 1 is 1.10 bits per heavy atom. The number of aromatic nitrogens is 1. The molecule has 2 rings (SSSR count). The Morgan fingerprint density at radius 2 is 1.67 bits per heavy atom. The number of methoxy groups -OCH3 is 1. The molecule has 0 radical (unpaired) electrons. The van der Waals surface area contributed by atoms with E-state index in [1.807, 2.05) is 0 Å². The van der Waals surface area contributed by atoms with Gasteiger partial charge >= 0.3 is 12.1 Å². The molecule has 0 bridgehead atoms. The van der Waals surface area contributed by atoms with Gasteiger partial charge in [0.2, 0.25) is 0 Å². The molecule has 1 aromatic heterocycles. The van der Waals surface area contributed by atoms with Crippen LogP contribution in [0, 0.1) is 0 Å². The van der Waals surface area contributed by atoms with Crippen molar-refractivity contribution in [2.75, 3.05) is 7.11 Å². The van der Waals surface area contributed by atoms with E-state index < -0.39 is 31.9 Å². The summed E-state index contributed by atoms with van der Waals surface area (Å²) in [4.78, 5) is 17.0. The van der Waals surface area contributed by atoms with Gasteiger partial charge < -0.3 is 9.47 Å². The van der Waals surface area contributed by atoms with Crippen molar-refractivity contribution in [1.82, 2.24) is 4.98 Å². The fourth-order valence-electron chi connectivity index (χ4n) is 2.93. The van der Waals surface area contributed by atoms with Crippen molar-refractivity contribution < 1.29 is 27.4 Å². The average Bonchev–Trinajstić information content (AvgIpc) is 2.68. The molecular formula is C22H26F3NO3Si. The summed E-state index contributed by atoms with van der Waals surface area (Å²) in [5, 5.41) is 0.867. The molecule has 1 unspecified atom stereocenters. The van der Waals surface area contributed by atoms with Crippen molar-refractivity contribution in [2.45, 2.75) is 43.9 Å². The van der Waals surface area contributed by atoms with Crippen LogP contribution < -0.4 is 0 Å². The van der Waals surface area contributed by atoms with Crippen molar-refractivity contribution >= 4 is 14.0 Å². The fraction of sp³-hybridized carbons (Fsp3) is 0.364. The molecule has 0 aliphatic carbocycles. The summed E-state index contributed by atoms with van der Waals surface area (Å²) in [5.41, 5.74) is -3.04. The zero-order chi connectivity index (χ0) is 22.6. The van der Waals surface area contributed by atoms with Crippen LogP contribution in [0.5, 0.6) is 0 Å². The fourth-order valence-corrected chi connectivity index (χ4v) is 3.73. The highest BCUT2D eigenvalue weighted by atomic mass is 28.3. The molecule has 2 aromatic rings. The molecule has 4 nitrogen and oxygen atoms in total. The first-order chi connectivity index (χ1) is 13.9. The summed E-state index contributed by atoms with van der Waals surface area (Å²) < 4.78 is 52.8. The number of rotatable bonds is 8. The molecule has 0 saturated carbocycles. The van der Waals surface area contributed by atoms with Gasteiger partial charge in [-0.1, -0.05) is 55.2 Å². The van der Waals surface area contributed by atoms with Crippen molar-refractivity contribution in [1.29, 1.82) is 0 Å². The third-order valence-corrected chi connectivity index (χ3v) is 7.32. The SMILES string of the molecule is C=C(CC(OC(=O)[C@@](OC)(c1ccccc1)C(F)(F)F)c1ccncc1)[Si](C)(C)C. The maximum absolute atomic E-state index is 14.2. The molecule has 2 atom stereocenters. The molecule has 0 aliphatic rings. The highest BCUT2D eigenvalue weighted by Crippen LogP contribution is 2.44. The largest absolute Gasteiger partial charge is 0.455 e. The molecule has 1 heterocycles. The quantitative estimate of drug-likeness (QED) is 0.399. The first kappa shape index (κ1) is 23.8. The zero-order valence-corrected chi connectivity index (χ0v) is 18.5. The minimum atomic E-state index is -5.03. The predicted molar refractivity (Wildman–Crippen MR) is 111 cm³/mol. The second-order valence-electron chi connectivity index (χ2n) is 7.98. The molecule has 0 amide bonds. The lowest BCUT2D eigenvalue weighted by molar-refractivity contribution is -0.278. The Labute approximate surface area is 175 Å². The Kier molecular flexibility index (Phi) is 7.25. The number of halogens is 3. The number of ether oxygens (including phenoxy) is 2. The second-order valence-corrected chi connectivity index (χ2v) is 13.2. The lowest BCUT2D eigenvalue weighted by Gasteiger charge is -2.34. The van der Waals surface area contributed by atoms with E-state index in [2.05, 4.69) is 31.2 Å². The molecule has 0 spiro atoms. The number of alkyl halides is 3. The third-order valence-electron chi connectivity index (χ3n) is 4.99. The van der Waals surface area contributed by atoms with Crippen LogP contribution in [-0.2, 0) is 19.9 Å². The number of pyridine rings is 1. The van der Waals surface area contributed by atoms with E-state index in [0.29, 0.717) is 5.56 Å². The molecule has 0 saturated heterocycles. The number of hydrogen-bond donors (Lipinski definition) is 0. The van der Waals surface area contributed by atoms with Crippen molar-refractivity contribution in [3.8, 4) is 0 Å². The van der Waals surface area contributed by atoms with E-state index in [9.17, 15) is 18.0 Å². The summed E-state index contributed by atoms with van der Waals surface area (Å²) in [6.07, 6.45) is -2.76. The first-order valence-corrected chi connectivity index (χ1v) is 12.9. The van der Waals surface area contributed by atoms with Crippen LogP contribution >= 0.6 is 0 Å². The van der Waals surface area contributed by atoms with E-state index in [0.717, 1.165) is 12.3 Å². The first-order valence-electron chi connectivity index (χ1n) is 9.40. The molecule has 1 aromatic carbocycles.